The molecule has 3 aromatic rings. The minimum Gasteiger partial charge on any atom is -0.340 e. The van der Waals surface area contributed by atoms with Crippen molar-refractivity contribution in [2.24, 2.45) is 0 Å². The van der Waals surface area contributed by atoms with Crippen LogP contribution in [0.4, 0.5) is 0 Å². The molecule has 3 heteroatoms. The molecule has 4 rings (SSSR count). The molecule has 23 heavy (non-hydrogen) atoms. The highest BCUT2D eigenvalue weighted by Crippen LogP contribution is 2.22. The molecule has 0 unspecified atom stereocenters. The SMILES string of the molecule is CN1CCc2c(c(=O)c3ccccc3n2Cc2ccccc2)C1. The number of likely N-dealkylation sites (N-methyl/N-ethyl adjacent to an activating group) is 1. The molecule has 0 N–H and O–H groups in total. The van der Waals surface area contributed by atoms with Crippen molar-refractivity contribution in [1.29, 1.82) is 0 Å². The number of hydrogen-bond donors (Lipinski definition) is 0. The summed E-state index contributed by atoms with van der Waals surface area (Å²) >= 11 is 0. The van der Waals surface area contributed by atoms with Crippen molar-refractivity contribution in [3.05, 3.63) is 81.6 Å². The Morgan fingerprint density at radius 2 is 1.74 bits per heavy atom. The van der Waals surface area contributed by atoms with E-state index in [0.29, 0.717) is 0 Å². The van der Waals surface area contributed by atoms with Gasteiger partial charge < -0.3 is 9.47 Å². The number of aromatic nitrogens is 1. The predicted molar refractivity (Wildman–Crippen MR) is 93.8 cm³/mol. The smallest absolute Gasteiger partial charge is 0.194 e. The zero-order chi connectivity index (χ0) is 15.8. The number of para-hydroxylation sites is 1. The van der Waals surface area contributed by atoms with E-state index in [2.05, 4.69) is 46.8 Å². The highest BCUT2D eigenvalue weighted by atomic mass is 16.1. The number of fused-ring (bicyclic) bond motifs is 2. The Labute approximate surface area is 135 Å². The standard InChI is InChI=1S/C20H20N2O/c1-21-12-11-19-17(14-21)20(23)16-9-5-6-10-18(16)22(19)13-15-7-3-2-4-8-15/h2-10H,11-14H2,1H3. The molecule has 0 radical (unpaired) electrons. The molecule has 0 bridgehead atoms. The molecule has 1 aromatic heterocycles. The lowest BCUT2D eigenvalue weighted by atomic mass is 10.0. The molecule has 0 saturated heterocycles. The molecule has 116 valence electrons. The second kappa shape index (κ2) is 5.67. The highest BCUT2D eigenvalue weighted by Gasteiger charge is 2.21. The van der Waals surface area contributed by atoms with E-state index in [-0.39, 0.29) is 5.43 Å². The number of hydrogen-bond acceptors (Lipinski definition) is 2. The monoisotopic (exact) mass is 304 g/mol. The average molecular weight is 304 g/mol. The van der Waals surface area contributed by atoms with E-state index >= 15 is 0 Å². The van der Waals surface area contributed by atoms with E-state index in [1.807, 2.05) is 24.3 Å². The van der Waals surface area contributed by atoms with Crippen molar-refractivity contribution in [3.63, 3.8) is 0 Å². The summed E-state index contributed by atoms with van der Waals surface area (Å²) in [6.45, 7) is 2.56. The van der Waals surface area contributed by atoms with Gasteiger partial charge in [0.1, 0.15) is 0 Å². The maximum absolute atomic E-state index is 12.9. The van der Waals surface area contributed by atoms with Crippen LogP contribution in [0, 0.1) is 0 Å². The van der Waals surface area contributed by atoms with E-state index < -0.39 is 0 Å². The Balaban J connectivity index is 1.98. The van der Waals surface area contributed by atoms with Crippen LogP contribution in [0.3, 0.4) is 0 Å². The first-order chi connectivity index (χ1) is 11.2. The van der Waals surface area contributed by atoms with Gasteiger partial charge in [0, 0.05) is 42.7 Å². The maximum atomic E-state index is 12.9. The molecule has 3 nitrogen and oxygen atoms in total. The Hall–Kier alpha value is -2.39. The molecule has 0 saturated carbocycles. The van der Waals surface area contributed by atoms with Crippen LogP contribution >= 0.6 is 0 Å². The Morgan fingerprint density at radius 3 is 2.57 bits per heavy atom. The zero-order valence-electron chi connectivity index (χ0n) is 13.3. The van der Waals surface area contributed by atoms with Crippen LogP contribution in [0.25, 0.3) is 10.9 Å². The van der Waals surface area contributed by atoms with Crippen LogP contribution in [0.15, 0.2) is 59.4 Å². The molecule has 0 aliphatic carbocycles. The lowest BCUT2D eigenvalue weighted by molar-refractivity contribution is 0.305. The fourth-order valence-electron chi connectivity index (χ4n) is 3.54. The van der Waals surface area contributed by atoms with Crippen LogP contribution in [-0.2, 0) is 19.5 Å². The number of rotatable bonds is 2. The van der Waals surface area contributed by atoms with Gasteiger partial charge in [-0.1, -0.05) is 42.5 Å². The van der Waals surface area contributed by atoms with Gasteiger partial charge in [0.2, 0.25) is 0 Å². The largest absolute Gasteiger partial charge is 0.340 e. The van der Waals surface area contributed by atoms with E-state index in [9.17, 15) is 4.79 Å². The van der Waals surface area contributed by atoms with Crippen LogP contribution in [0.2, 0.25) is 0 Å². The molecule has 0 amide bonds. The number of nitrogens with zero attached hydrogens (tertiary/aromatic N) is 2. The molecule has 0 atom stereocenters. The van der Waals surface area contributed by atoms with Gasteiger partial charge >= 0.3 is 0 Å². The third kappa shape index (κ3) is 2.47. The summed E-state index contributed by atoms with van der Waals surface area (Å²) in [4.78, 5) is 15.1. The van der Waals surface area contributed by atoms with Crippen molar-refractivity contribution in [3.8, 4) is 0 Å². The highest BCUT2D eigenvalue weighted by molar-refractivity contribution is 5.80. The van der Waals surface area contributed by atoms with Gasteiger partial charge in [-0.3, -0.25) is 4.79 Å². The van der Waals surface area contributed by atoms with Crippen molar-refractivity contribution in [2.75, 3.05) is 13.6 Å². The van der Waals surface area contributed by atoms with Gasteiger partial charge in [-0.25, -0.2) is 0 Å². The third-order valence-electron chi connectivity index (χ3n) is 4.73. The topological polar surface area (TPSA) is 25.2 Å². The minimum absolute atomic E-state index is 0.200. The van der Waals surface area contributed by atoms with Gasteiger partial charge in [0.25, 0.3) is 0 Å². The van der Waals surface area contributed by atoms with Gasteiger partial charge in [0.15, 0.2) is 5.43 Å². The number of pyridine rings is 1. The third-order valence-corrected chi connectivity index (χ3v) is 4.73. The lowest BCUT2D eigenvalue weighted by Gasteiger charge is -2.28. The summed E-state index contributed by atoms with van der Waals surface area (Å²) in [6, 6.07) is 18.5. The van der Waals surface area contributed by atoms with Gasteiger partial charge in [0.05, 0.1) is 5.52 Å². The lowest BCUT2D eigenvalue weighted by Crippen LogP contribution is -2.34. The summed E-state index contributed by atoms with van der Waals surface area (Å²) in [6.07, 6.45) is 0.929. The molecule has 2 heterocycles. The van der Waals surface area contributed by atoms with Crippen LogP contribution < -0.4 is 5.43 Å². The first-order valence-corrected chi connectivity index (χ1v) is 8.10. The predicted octanol–water partition coefficient (Wildman–Crippen LogP) is 3.04. The Bertz CT molecular complexity index is 912. The summed E-state index contributed by atoms with van der Waals surface area (Å²) in [5.41, 5.74) is 4.68. The number of benzene rings is 2. The Kier molecular flexibility index (Phi) is 3.50. The van der Waals surface area contributed by atoms with Crippen molar-refractivity contribution >= 4 is 10.9 Å². The van der Waals surface area contributed by atoms with Crippen molar-refractivity contribution < 1.29 is 0 Å². The second-order valence-corrected chi connectivity index (χ2v) is 6.33. The van der Waals surface area contributed by atoms with E-state index in [1.54, 1.807) is 0 Å². The second-order valence-electron chi connectivity index (χ2n) is 6.33. The summed E-state index contributed by atoms with van der Waals surface area (Å²) in [5.74, 6) is 0. The molecule has 0 fully saturated rings. The molecular weight excluding hydrogens is 284 g/mol. The van der Waals surface area contributed by atoms with Gasteiger partial charge in [-0.15, -0.1) is 0 Å². The average Bonchev–Trinajstić information content (AvgIpc) is 2.59. The van der Waals surface area contributed by atoms with Crippen LogP contribution in [0.1, 0.15) is 16.8 Å². The van der Waals surface area contributed by atoms with E-state index in [0.717, 1.165) is 42.5 Å². The fraction of sp³-hybridized carbons (Fsp3) is 0.250. The van der Waals surface area contributed by atoms with E-state index in [4.69, 9.17) is 0 Å². The summed E-state index contributed by atoms with van der Waals surface area (Å²) in [5, 5.41) is 0.831. The van der Waals surface area contributed by atoms with Crippen LogP contribution in [0.5, 0.6) is 0 Å². The summed E-state index contributed by atoms with van der Waals surface area (Å²) < 4.78 is 2.34. The normalized spacial score (nSPS) is 14.8. The molecule has 1 aliphatic rings. The van der Waals surface area contributed by atoms with Crippen molar-refractivity contribution in [1.82, 2.24) is 9.47 Å². The molecule has 0 spiro atoms. The van der Waals surface area contributed by atoms with Crippen LogP contribution in [-0.4, -0.2) is 23.1 Å². The Morgan fingerprint density at radius 1 is 1.00 bits per heavy atom. The first kappa shape index (κ1) is 14.2. The van der Waals surface area contributed by atoms with E-state index in [1.165, 1.54) is 11.3 Å². The molecule has 1 aliphatic heterocycles. The quantitative estimate of drug-likeness (QED) is 0.727. The fourth-order valence-corrected chi connectivity index (χ4v) is 3.54. The zero-order valence-corrected chi connectivity index (χ0v) is 13.3. The van der Waals surface area contributed by atoms with Gasteiger partial charge in [-0.05, 0) is 24.7 Å². The minimum atomic E-state index is 0.200. The first-order valence-electron chi connectivity index (χ1n) is 8.10. The maximum Gasteiger partial charge on any atom is 0.194 e. The van der Waals surface area contributed by atoms with Crippen molar-refractivity contribution in [2.45, 2.75) is 19.5 Å². The van der Waals surface area contributed by atoms with Gasteiger partial charge in [-0.2, -0.15) is 0 Å². The summed E-state index contributed by atoms with van der Waals surface area (Å²) in [7, 11) is 2.08. The molecular formula is C20H20N2O. The molecule has 2 aromatic carbocycles.